The molecule has 0 aliphatic carbocycles. The lowest BCUT2D eigenvalue weighted by Gasteiger charge is -2.06. The van der Waals surface area contributed by atoms with Crippen molar-refractivity contribution in [1.29, 1.82) is 0 Å². The average Bonchev–Trinajstić information content (AvgIpc) is 3.17. The number of Topliss-reactive ketones (excluding diaryl/α,β-unsaturated/α-hetero) is 1. The van der Waals surface area contributed by atoms with Gasteiger partial charge < -0.3 is 9.47 Å². The van der Waals surface area contributed by atoms with Crippen LogP contribution in [0.5, 0.6) is 5.75 Å². The summed E-state index contributed by atoms with van der Waals surface area (Å²) in [5.41, 5.74) is 1.44. The van der Waals surface area contributed by atoms with Gasteiger partial charge in [-0.15, -0.1) is 11.3 Å². The highest BCUT2D eigenvalue weighted by atomic mass is 32.1. The first-order chi connectivity index (χ1) is 15.5. The minimum Gasteiger partial charge on any atom is -0.497 e. The van der Waals surface area contributed by atoms with Crippen LogP contribution < -0.4 is 10.3 Å². The lowest BCUT2D eigenvalue weighted by Crippen LogP contribution is -2.24. The summed E-state index contributed by atoms with van der Waals surface area (Å²) < 4.78 is 11.8. The molecule has 0 spiro atoms. The summed E-state index contributed by atoms with van der Waals surface area (Å²) in [4.78, 5) is 43.4. The number of thiophene rings is 1. The number of hydrogen-bond donors (Lipinski definition) is 0. The van der Waals surface area contributed by atoms with Crippen LogP contribution in [-0.4, -0.2) is 28.4 Å². The molecule has 0 fully saturated rings. The maximum Gasteiger partial charge on any atom is 0.349 e. The van der Waals surface area contributed by atoms with Gasteiger partial charge in [-0.2, -0.15) is 0 Å². The maximum absolute atomic E-state index is 13.1. The van der Waals surface area contributed by atoms with E-state index in [1.807, 2.05) is 30.3 Å². The highest BCUT2D eigenvalue weighted by Crippen LogP contribution is 2.27. The van der Waals surface area contributed by atoms with Gasteiger partial charge in [-0.3, -0.25) is 14.2 Å². The molecule has 0 saturated heterocycles. The van der Waals surface area contributed by atoms with E-state index in [1.54, 1.807) is 31.2 Å². The first kappa shape index (κ1) is 21.5. The molecule has 0 amide bonds. The normalized spacial score (nSPS) is 10.8. The second kappa shape index (κ2) is 9.15. The molecule has 8 heteroatoms. The monoisotopic (exact) mass is 448 g/mol. The van der Waals surface area contributed by atoms with E-state index in [9.17, 15) is 14.4 Å². The molecule has 7 nitrogen and oxygen atoms in total. The highest BCUT2D eigenvalue weighted by molar-refractivity contribution is 7.20. The summed E-state index contributed by atoms with van der Waals surface area (Å²) in [5, 5.41) is 0.322. The van der Waals surface area contributed by atoms with Gasteiger partial charge in [-0.25, -0.2) is 9.78 Å². The molecule has 4 aromatic rings. The van der Waals surface area contributed by atoms with Gasteiger partial charge in [0.2, 0.25) is 0 Å². The molecular weight excluding hydrogens is 428 g/mol. The minimum absolute atomic E-state index is 0.139. The Morgan fingerprint density at radius 3 is 2.62 bits per heavy atom. The number of ether oxygens (including phenoxy) is 2. The zero-order valence-electron chi connectivity index (χ0n) is 17.5. The standard InChI is InChI=1S/C24H20N2O5S/c1-15-20-22(32-21(15)24(29)31-13-16-7-4-3-5-8-16)25-14-26(23(20)28)12-19(27)17-9-6-10-18(11-17)30-2/h3-11,14H,12-13H2,1-2H3. The molecule has 0 atom stereocenters. The summed E-state index contributed by atoms with van der Waals surface area (Å²) in [6.07, 6.45) is 1.33. The Labute approximate surface area is 187 Å². The van der Waals surface area contributed by atoms with Crippen molar-refractivity contribution in [1.82, 2.24) is 9.55 Å². The lowest BCUT2D eigenvalue weighted by molar-refractivity contribution is 0.0477. The van der Waals surface area contributed by atoms with Crippen molar-refractivity contribution in [3.63, 3.8) is 0 Å². The quantitative estimate of drug-likeness (QED) is 0.314. The predicted molar refractivity (Wildman–Crippen MR) is 122 cm³/mol. The fourth-order valence-corrected chi connectivity index (χ4v) is 4.33. The van der Waals surface area contributed by atoms with Crippen molar-refractivity contribution in [2.24, 2.45) is 0 Å². The van der Waals surface area contributed by atoms with Gasteiger partial charge >= 0.3 is 5.97 Å². The molecule has 2 aromatic heterocycles. The first-order valence-electron chi connectivity index (χ1n) is 9.84. The van der Waals surface area contributed by atoms with E-state index in [0.717, 1.165) is 16.9 Å². The summed E-state index contributed by atoms with van der Waals surface area (Å²) in [7, 11) is 1.52. The number of ketones is 1. The molecule has 0 radical (unpaired) electrons. The molecule has 0 aliphatic heterocycles. The number of esters is 1. The maximum atomic E-state index is 13.1. The Kier molecular flexibility index (Phi) is 6.13. The number of benzene rings is 2. The lowest BCUT2D eigenvalue weighted by atomic mass is 10.1. The van der Waals surface area contributed by atoms with Crippen LogP contribution in [-0.2, 0) is 17.9 Å². The van der Waals surface area contributed by atoms with Crippen molar-refractivity contribution < 1.29 is 19.1 Å². The first-order valence-corrected chi connectivity index (χ1v) is 10.7. The van der Waals surface area contributed by atoms with Crippen LogP contribution in [0.2, 0.25) is 0 Å². The van der Waals surface area contributed by atoms with E-state index in [2.05, 4.69) is 4.98 Å². The second-order valence-corrected chi connectivity index (χ2v) is 8.13. The Morgan fingerprint density at radius 1 is 1.09 bits per heavy atom. The molecule has 0 aliphatic rings. The van der Waals surface area contributed by atoms with Crippen LogP contribution in [0.25, 0.3) is 10.2 Å². The van der Waals surface area contributed by atoms with Gasteiger partial charge in [0.25, 0.3) is 5.56 Å². The number of carbonyl (C=O) groups excluding carboxylic acids is 2. The number of hydrogen-bond acceptors (Lipinski definition) is 7. The Morgan fingerprint density at radius 2 is 1.88 bits per heavy atom. The number of aromatic nitrogens is 2. The van der Waals surface area contributed by atoms with Gasteiger partial charge in [-0.05, 0) is 30.2 Å². The second-order valence-electron chi connectivity index (χ2n) is 7.13. The van der Waals surface area contributed by atoms with Crippen LogP contribution in [0.15, 0.2) is 65.7 Å². The van der Waals surface area contributed by atoms with Gasteiger partial charge in [-0.1, -0.05) is 42.5 Å². The predicted octanol–water partition coefficient (Wildman–Crippen LogP) is 4.01. The SMILES string of the molecule is COc1cccc(C(=O)Cn2cnc3sc(C(=O)OCc4ccccc4)c(C)c3c2=O)c1. The van der Waals surface area contributed by atoms with Gasteiger partial charge in [0.05, 0.1) is 25.4 Å². The molecule has 2 aromatic carbocycles. The summed E-state index contributed by atoms with van der Waals surface area (Å²) in [5.74, 6) is -0.195. The third-order valence-electron chi connectivity index (χ3n) is 5.02. The molecule has 32 heavy (non-hydrogen) atoms. The van der Waals surface area contributed by atoms with E-state index in [1.165, 1.54) is 18.0 Å². The van der Waals surface area contributed by atoms with Crippen molar-refractivity contribution >= 4 is 33.3 Å². The van der Waals surface area contributed by atoms with Crippen molar-refractivity contribution in [2.75, 3.05) is 7.11 Å². The Balaban J connectivity index is 1.58. The number of nitrogens with zero attached hydrogens (tertiary/aromatic N) is 2. The van der Waals surface area contributed by atoms with E-state index < -0.39 is 5.97 Å². The third kappa shape index (κ3) is 4.31. The zero-order chi connectivity index (χ0) is 22.7. The molecule has 162 valence electrons. The van der Waals surface area contributed by atoms with Crippen LogP contribution in [0, 0.1) is 6.92 Å². The smallest absolute Gasteiger partial charge is 0.349 e. The third-order valence-corrected chi connectivity index (χ3v) is 6.20. The Bertz CT molecular complexity index is 1360. The fraction of sp³-hybridized carbons (Fsp3) is 0.167. The molecular formula is C24H20N2O5S. The van der Waals surface area contributed by atoms with Crippen molar-refractivity contribution in [3.05, 3.63) is 92.8 Å². The van der Waals surface area contributed by atoms with Gasteiger partial charge in [0.15, 0.2) is 5.78 Å². The van der Waals surface area contributed by atoms with Gasteiger partial charge in [0, 0.05) is 5.56 Å². The molecule has 0 saturated carbocycles. The van der Waals surface area contributed by atoms with Crippen molar-refractivity contribution in [2.45, 2.75) is 20.1 Å². The molecule has 0 N–H and O–H groups in total. The molecule has 4 rings (SSSR count). The average molecular weight is 449 g/mol. The number of rotatable bonds is 7. The van der Waals surface area contributed by atoms with Crippen LogP contribution in [0.3, 0.4) is 0 Å². The number of fused-ring (bicyclic) bond motifs is 1. The van der Waals surface area contributed by atoms with Crippen molar-refractivity contribution in [3.8, 4) is 5.75 Å². The zero-order valence-corrected chi connectivity index (χ0v) is 18.3. The topological polar surface area (TPSA) is 87.5 Å². The molecule has 0 bridgehead atoms. The van der Waals surface area contributed by atoms with Crippen LogP contribution >= 0.6 is 11.3 Å². The fourth-order valence-electron chi connectivity index (χ4n) is 3.30. The minimum atomic E-state index is -0.507. The molecule has 0 unspecified atom stereocenters. The van der Waals surface area contributed by atoms with E-state index in [-0.39, 0.29) is 24.5 Å². The highest BCUT2D eigenvalue weighted by Gasteiger charge is 2.21. The van der Waals surface area contributed by atoms with Gasteiger partial charge in [0.1, 0.15) is 22.1 Å². The van der Waals surface area contributed by atoms with Crippen LogP contribution in [0.1, 0.15) is 31.2 Å². The van der Waals surface area contributed by atoms with E-state index in [0.29, 0.717) is 32.0 Å². The van der Waals surface area contributed by atoms with Crippen LogP contribution in [0.4, 0.5) is 0 Å². The summed E-state index contributed by atoms with van der Waals surface area (Å²) >= 11 is 1.11. The van der Waals surface area contributed by atoms with E-state index in [4.69, 9.17) is 9.47 Å². The number of methoxy groups -OCH3 is 1. The number of aryl methyl sites for hydroxylation is 1. The number of carbonyl (C=O) groups is 2. The Hall–Kier alpha value is -3.78. The summed E-state index contributed by atoms with van der Waals surface area (Å²) in [6.45, 7) is 1.66. The largest absolute Gasteiger partial charge is 0.497 e. The van der Waals surface area contributed by atoms with E-state index >= 15 is 0 Å². The summed E-state index contributed by atoms with van der Waals surface area (Å²) in [6, 6.07) is 16.1. The molecule has 2 heterocycles.